The van der Waals surface area contributed by atoms with Crippen molar-refractivity contribution in [2.24, 2.45) is 5.92 Å². The molecular formula is C16H21FO4. The fourth-order valence-corrected chi connectivity index (χ4v) is 1.74. The van der Waals surface area contributed by atoms with Gasteiger partial charge in [-0.15, -0.1) is 0 Å². The maximum Gasteiger partial charge on any atom is 0.344 e. The molecule has 0 aliphatic carbocycles. The minimum Gasteiger partial charge on any atom is -0.457 e. The molecule has 0 bridgehead atoms. The van der Waals surface area contributed by atoms with E-state index in [1.54, 1.807) is 39.8 Å². The minimum absolute atomic E-state index is 0.346. The van der Waals surface area contributed by atoms with Crippen LogP contribution >= 0.6 is 0 Å². The Kier molecular flexibility index (Phi) is 5.88. The van der Waals surface area contributed by atoms with Crippen molar-refractivity contribution < 1.29 is 23.5 Å². The molecule has 0 saturated heterocycles. The van der Waals surface area contributed by atoms with E-state index in [0.717, 1.165) is 0 Å². The SMILES string of the molecule is CC(Cc1cccc(F)c1)C(=O)OCC(=O)OC(C)(C)C. The molecule has 0 aromatic heterocycles. The first-order valence-electron chi connectivity index (χ1n) is 6.80. The topological polar surface area (TPSA) is 52.6 Å². The molecule has 0 saturated carbocycles. The van der Waals surface area contributed by atoms with Crippen molar-refractivity contribution in [1.29, 1.82) is 0 Å². The monoisotopic (exact) mass is 296 g/mol. The van der Waals surface area contributed by atoms with Crippen LogP contribution in [0.25, 0.3) is 0 Å². The molecule has 1 rings (SSSR count). The number of benzene rings is 1. The molecule has 0 heterocycles. The van der Waals surface area contributed by atoms with Crippen molar-refractivity contribution in [3.63, 3.8) is 0 Å². The molecule has 5 heteroatoms. The summed E-state index contributed by atoms with van der Waals surface area (Å²) < 4.78 is 23.0. The van der Waals surface area contributed by atoms with Crippen molar-refractivity contribution in [1.82, 2.24) is 0 Å². The second-order valence-electron chi connectivity index (χ2n) is 5.93. The van der Waals surface area contributed by atoms with Gasteiger partial charge >= 0.3 is 11.9 Å². The molecule has 116 valence electrons. The Morgan fingerprint density at radius 2 is 1.95 bits per heavy atom. The van der Waals surface area contributed by atoms with Crippen LogP contribution in [0, 0.1) is 11.7 Å². The second kappa shape index (κ2) is 7.20. The highest BCUT2D eigenvalue weighted by Gasteiger charge is 2.20. The van der Waals surface area contributed by atoms with Gasteiger partial charge in [-0.3, -0.25) is 4.79 Å². The number of carbonyl (C=O) groups excluding carboxylic acids is 2. The number of hydrogen-bond acceptors (Lipinski definition) is 4. The molecule has 0 radical (unpaired) electrons. The summed E-state index contributed by atoms with van der Waals surface area (Å²) in [5.74, 6) is -1.91. The lowest BCUT2D eigenvalue weighted by atomic mass is 10.0. The van der Waals surface area contributed by atoms with E-state index in [-0.39, 0.29) is 5.82 Å². The molecule has 1 aromatic carbocycles. The molecule has 1 atom stereocenters. The highest BCUT2D eigenvalue weighted by molar-refractivity contribution is 5.77. The smallest absolute Gasteiger partial charge is 0.344 e. The number of esters is 2. The summed E-state index contributed by atoms with van der Waals surface area (Å²) in [6.07, 6.45) is 0.352. The summed E-state index contributed by atoms with van der Waals surface area (Å²) in [7, 11) is 0. The van der Waals surface area contributed by atoms with Crippen molar-refractivity contribution in [3.05, 3.63) is 35.6 Å². The first-order chi connectivity index (χ1) is 9.67. The average molecular weight is 296 g/mol. The predicted octanol–water partition coefficient (Wildman–Crippen LogP) is 2.89. The third-order valence-corrected chi connectivity index (χ3v) is 2.59. The third-order valence-electron chi connectivity index (χ3n) is 2.59. The first kappa shape index (κ1) is 17.1. The number of halogens is 1. The zero-order chi connectivity index (χ0) is 16.0. The van der Waals surface area contributed by atoms with Gasteiger partial charge in [-0.1, -0.05) is 19.1 Å². The Morgan fingerprint density at radius 3 is 2.52 bits per heavy atom. The second-order valence-corrected chi connectivity index (χ2v) is 5.93. The molecule has 0 aliphatic heterocycles. The van der Waals surface area contributed by atoms with Gasteiger partial charge in [0, 0.05) is 0 Å². The Balaban J connectivity index is 2.43. The Bertz CT molecular complexity index is 505. The van der Waals surface area contributed by atoms with E-state index in [9.17, 15) is 14.0 Å². The zero-order valence-corrected chi connectivity index (χ0v) is 12.8. The lowest BCUT2D eigenvalue weighted by Gasteiger charge is -2.19. The zero-order valence-electron chi connectivity index (χ0n) is 12.8. The Hall–Kier alpha value is -1.91. The molecule has 0 fully saturated rings. The van der Waals surface area contributed by atoms with Crippen molar-refractivity contribution >= 4 is 11.9 Å². The van der Waals surface area contributed by atoms with Crippen LogP contribution in [-0.4, -0.2) is 24.1 Å². The van der Waals surface area contributed by atoms with E-state index in [1.165, 1.54) is 12.1 Å². The van der Waals surface area contributed by atoms with Crippen molar-refractivity contribution in [2.75, 3.05) is 6.61 Å². The Labute approximate surface area is 124 Å². The van der Waals surface area contributed by atoms with E-state index in [2.05, 4.69) is 0 Å². The van der Waals surface area contributed by atoms with Gasteiger partial charge in [0.2, 0.25) is 0 Å². The first-order valence-corrected chi connectivity index (χ1v) is 6.80. The molecule has 0 N–H and O–H groups in total. The number of ether oxygens (including phenoxy) is 2. The van der Waals surface area contributed by atoms with Crippen molar-refractivity contribution in [3.8, 4) is 0 Å². The van der Waals surface area contributed by atoms with Gasteiger partial charge in [-0.2, -0.15) is 0 Å². The van der Waals surface area contributed by atoms with Crippen LogP contribution in [0.1, 0.15) is 33.3 Å². The standard InChI is InChI=1S/C16H21FO4/c1-11(8-12-6-5-7-13(17)9-12)15(19)20-10-14(18)21-16(2,3)4/h5-7,9,11H,8,10H2,1-4H3. The van der Waals surface area contributed by atoms with E-state index in [1.807, 2.05) is 0 Å². The highest BCUT2D eigenvalue weighted by Crippen LogP contribution is 2.12. The lowest BCUT2D eigenvalue weighted by Crippen LogP contribution is -2.28. The van der Waals surface area contributed by atoms with E-state index in [4.69, 9.17) is 9.47 Å². The summed E-state index contributed by atoms with van der Waals surface area (Å²) in [5.41, 5.74) is 0.0909. The van der Waals surface area contributed by atoms with E-state index >= 15 is 0 Å². The van der Waals surface area contributed by atoms with Gasteiger partial charge in [-0.05, 0) is 44.9 Å². The Morgan fingerprint density at radius 1 is 1.29 bits per heavy atom. The van der Waals surface area contributed by atoms with Gasteiger partial charge in [0.05, 0.1) is 5.92 Å². The van der Waals surface area contributed by atoms with Crippen LogP contribution in [0.15, 0.2) is 24.3 Å². The minimum atomic E-state index is -0.614. The van der Waals surface area contributed by atoms with Gasteiger partial charge in [0.15, 0.2) is 6.61 Å². The highest BCUT2D eigenvalue weighted by atomic mass is 19.1. The molecular weight excluding hydrogens is 275 g/mol. The van der Waals surface area contributed by atoms with Crippen LogP contribution in [0.3, 0.4) is 0 Å². The van der Waals surface area contributed by atoms with Crippen LogP contribution in [0.5, 0.6) is 0 Å². The number of rotatable bonds is 5. The normalized spacial score (nSPS) is 12.6. The van der Waals surface area contributed by atoms with Gasteiger partial charge < -0.3 is 9.47 Å². The molecule has 21 heavy (non-hydrogen) atoms. The van der Waals surface area contributed by atoms with Crippen LogP contribution in [-0.2, 0) is 25.5 Å². The predicted molar refractivity (Wildman–Crippen MR) is 76.1 cm³/mol. The number of hydrogen-bond donors (Lipinski definition) is 0. The maximum absolute atomic E-state index is 13.1. The third kappa shape index (κ3) is 6.88. The van der Waals surface area contributed by atoms with Crippen molar-refractivity contribution in [2.45, 2.75) is 39.7 Å². The summed E-state index contributed by atoms with van der Waals surface area (Å²) in [6, 6.07) is 6.04. The molecule has 0 amide bonds. The molecule has 0 aliphatic rings. The van der Waals surface area contributed by atoms with Gasteiger partial charge in [-0.25, -0.2) is 9.18 Å². The summed E-state index contributed by atoms with van der Waals surface area (Å²) in [4.78, 5) is 23.2. The quantitative estimate of drug-likeness (QED) is 0.784. The van der Waals surface area contributed by atoms with Crippen LogP contribution in [0.2, 0.25) is 0 Å². The van der Waals surface area contributed by atoms with Crippen LogP contribution in [0.4, 0.5) is 4.39 Å². The molecule has 1 unspecified atom stereocenters. The summed E-state index contributed by atoms with van der Waals surface area (Å²) in [6.45, 7) is 6.46. The molecule has 4 nitrogen and oxygen atoms in total. The summed E-state index contributed by atoms with van der Waals surface area (Å²) in [5, 5.41) is 0. The van der Waals surface area contributed by atoms with Gasteiger partial charge in [0.25, 0.3) is 0 Å². The van der Waals surface area contributed by atoms with Crippen LogP contribution < -0.4 is 0 Å². The molecule has 1 aromatic rings. The molecule has 0 spiro atoms. The fraction of sp³-hybridized carbons (Fsp3) is 0.500. The van der Waals surface area contributed by atoms with E-state index < -0.39 is 30.1 Å². The average Bonchev–Trinajstić information content (AvgIpc) is 2.33. The largest absolute Gasteiger partial charge is 0.457 e. The fourth-order valence-electron chi connectivity index (χ4n) is 1.74. The maximum atomic E-state index is 13.1. The number of carbonyl (C=O) groups is 2. The van der Waals surface area contributed by atoms with Gasteiger partial charge in [0.1, 0.15) is 11.4 Å². The van der Waals surface area contributed by atoms with E-state index in [0.29, 0.717) is 12.0 Å². The summed E-state index contributed by atoms with van der Waals surface area (Å²) >= 11 is 0. The lowest BCUT2D eigenvalue weighted by molar-refractivity contribution is -0.168.